The van der Waals surface area contributed by atoms with Gasteiger partial charge in [-0.05, 0) is 24.3 Å². The number of non-ortho nitro benzene ring substituents is 1. The van der Waals surface area contributed by atoms with Gasteiger partial charge in [-0.15, -0.1) is 0 Å². The molecule has 6 heteroatoms. The lowest BCUT2D eigenvalue weighted by molar-refractivity contribution is -0.384. The van der Waals surface area contributed by atoms with Gasteiger partial charge in [0.2, 0.25) is 0 Å². The van der Waals surface area contributed by atoms with E-state index in [4.69, 9.17) is 5.11 Å². The molecule has 0 unspecified atom stereocenters. The summed E-state index contributed by atoms with van der Waals surface area (Å²) >= 11 is 0. The zero-order valence-corrected chi connectivity index (χ0v) is 9.31. The summed E-state index contributed by atoms with van der Waals surface area (Å²) in [4.78, 5) is 20.7. The van der Waals surface area contributed by atoms with Crippen LogP contribution in [0.4, 0.5) is 5.69 Å². The van der Waals surface area contributed by atoms with Crippen LogP contribution in [0.15, 0.2) is 42.6 Å². The van der Waals surface area contributed by atoms with E-state index < -0.39 is 10.9 Å². The van der Waals surface area contributed by atoms with Crippen LogP contribution < -0.4 is 0 Å². The van der Waals surface area contributed by atoms with Crippen molar-refractivity contribution in [1.29, 1.82) is 0 Å². The van der Waals surface area contributed by atoms with Crippen molar-refractivity contribution >= 4 is 11.7 Å². The molecule has 1 aromatic carbocycles. The number of nitro benzene ring substituents is 1. The van der Waals surface area contributed by atoms with E-state index in [1.54, 1.807) is 35.0 Å². The van der Waals surface area contributed by atoms with Gasteiger partial charge < -0.3 is 9.67 Å². The first-order chi connectivity index (χ1) is 8.58. The van der Waals surface area contributed by atoms with E-state index in [0.717, 1.165) is 0 Å². The predicted octanol–water partition coefficient (Wildman–Crippen LogP) is 2.01. The quantitative estimate of drug-likeness (QED) is 0.660. The van der Waals surface area contributed by atoms with Crippen molar-refractivity contribution in [3.63, 3.8) is 0 Å². The topological polar surface area (TPSA) is 85.4 Å². The number of nitro groups is 1. The van der Waals surface area contributed by atoms with Gasteiger partial charge in [0.1, 0.15) is 0 Å². The molecule has 92 valence electrons. The highest BCUT2D eigenvalue weighted by Gasteiger charge is 2.09. The Morgan fingerprint density at radius 1 is 1.28 bits per heavy atom. The summed E-state index contributed by atoms with van der Waals surface area (Å²) in [6.45, 7) is 0. The number of benzene rings is 1. The minimum atomic E-state index is -0.920. The minimum absolute atomic E-state index is 0.00527. The smallest absolute Gasteiger partial charge is 0.309 e. The number of carbonyl (C=O) groups is 1. The van der Waals surface area contributed by atoms with E-state index in [1.807, 2.05) is 0 Å². The number of aliphatic carboxylic acids is 1. The third-order valence-corrected chi connectivity index (χ3v) is 2.50. The van der Waals surface area contributed by atoms with E-state index in [1.165, 1.54) is 12.1 Å². The second kappa shape index (κ2) is 4.70. The van der Waals surface area contributed by atoms with Crippen molar-refractivity contribution in [3.05, 3.63) is 58.4 Å². The Labute approximate surface area is 102 Å². The third kappa shape index (κ3) is 2.37. The molecule has 0 radical (unpaired) electrons. The number of hydrogen-bond donors (Lipinski definition) is 1. The van der Waals surface area contributed by atoms with Gasteiger partial charge in [-0.1, -0.05) is 0 Å². The Morgan fingerprint density at radius 3 is 2.50 bits per heavy atom. The van der Waals surface area contributed by atoms with Crippen LogP contribution in [-0.2, 0) is 11.2 Å². The molecule has 2 rings (SSSR count). The number of carboxylic acid groups (broad SMARTS) is 1. The first-order valence-electron chi connectivity index (χ1n) is 5.21. The highest BCUT2D eigenvalue weighted by molar-refractivity contribution is 5.70. The molecule has 0 aliphatic heterocycles. The molecule has 1 heterocycles. The van der Waals surface area contributed by atoms with Crippen LogP contribution in [-0.4, -0.2) is 20.6 Å². The van der Waals surface area contributed by atoms with E-state index in [0.29, 0.717) is 11.4 Å². The third-order valence-electron chi connectivity index (χ3n) is 2.50. The van der Waals surface area contributed by atoms with E-state index >= 15 is 0 Å². The van der Waals surface area contributed by atoms with E-state index in [-0.39, 0.29) is 12.1 Å². The van der Waals surface area contributed by atoms with Gasteiger partial charge in [0.25, 0.3) is 5.69 Å². The Kier molecular flexibility index (Phi) is 3.09. The van der Waals surface area contributed by atoms with Crippen LogP contribution in [0.1, 0.15) is 5.69 Å². The summed E-state index contributed by atoms with van der Waals surface area (Å²) in [7, 11) is 0. The van der Waals surface area contributed by atoms with Crippen LogP contribution in [0.2, 0.25) is 0 Å². The van der Waals surface area contributed by atoms with Crippen molar-refractivity contribution in [1.82, 2.24) is 4.57 Å². The van der Waals surface area contributed by atoms with Crippen molar-refractivity contribution in [2.45, 2.75) is 6.42 Å². The lowest BCUT2D eigenvalue weighted by Crippen LogP contribution is -2.06. The molecule has 0 atom stereocenters. The first kappa shape index (κ1) is 11.8. The van der Waals surface area contributed by atoms with Gasteiger partial charge in [0.15, 0.2) is 0 Å². The van der Waals surface area contributed by atoms with Gasteiger partial charge in [-0.25, -0.2) is 0 Å². The van der Waals surface area contributed by atoms with Gasteiger partial charge in [0, 0.05) is 29.7 Å². The average molecular weight is 246 g/mol. The molecule has 6 nitrogen and oxygen atoms in total. The summed E-state index contributed by atoms with van der Waals surface area (Å²) in [5, 5.41) is 19.3. The largest absolute Gasteiger partial charge is 0.481 e. The van der Waals surface area contributed by atoms with E-state index in [9.17, 15) is 14.9 Å². The molecule has 0 saturated carbocycles. The van der Waals surface area contributed by atoms with Gasteiger partial charge in [-0.3, -0.25) is 14.9 Å². The SMILES string of the molecule is O=C(O)Cc1cccn1-c1ccc([N+](=O)[O-])cc1. The predicted molar refractivity (Wildman–Crippen MR) is 63.8 cm³/mol. The molecule has 0 saturated heterocycles. The van der Waals surface area contributed by atoms with Crippen LogP contribution >= 0.6 is 0 Å². The summed E-state index contributed by atoms with van der Waals surface area (Å²) in [5.41, 5.74) is 1.32. The molecule has 2 aromatic rings. The second-order valence-corrected chi connectivity index (χ2v) is 3.71. The van der Waals surface area contributed by atoms with Crippen molar-refractivity contribution in [3.8, 4) is 5.69 Å². The molecule has 1 aromatic heterocycles. The highest BCUT2D eigenvalue weighted by Crippen LogP contribution is 2.17. The lowest BCUT2D eigenvalue weighted by atomic mass is 10.2. The zero-order chi connectivity index (χ0) is 13.1. The van der Waals surface area contributed by atoms with Crippen molar-refractivity contribution < 1.29 is 14.8 Å². The Balaban J connectivity index is 2.34. The van der Waals surface area contributed by atoms with Crippen molar-refractivity contribution in [2.75, 3.05) is 0 Å². The van der Waals surface area contributed by atoms with Gasteiger partial charge >= 0.3 is 5.97 Å². The summed E-state index contributed by atoms with van der Waals surface area (Å²) in [5.74, 6) is -0.920. The minimum Gasteiger partial charge on any atom is -0.481 e. The molecule has 18 heavy (non-hydrogen) atoms. The summed E-state index contributed by atoms with van der Waals surface area (Å²) in [6, 6.07) is 9.39. The number of aromatic nitrogens is 1. The Bertz CT molecular complexity index is 586. The maximum atomic E-state index is 10.7. The van der Waals surface area contributed by atoms with Crippen LogP contribution in [0.25, 0.3) is 5.69 Å². The number of hydrogen-bond acceptors (Lipinski definition) is 3. The molecule has 0 amide bonds. The standard InChI is InChI=1S/C12H10N2O4/c15-12(16)8-11-2-1-7-13(11)9-3-5-10(6-4-9)14(17)18/h1-7H,8H2,(H,15,16). The van der Waals surface area contributed by atoms with Crippen molar-refractivity contribution in [2.24, 2.45) is 0 Å². The Morgan fingerprint density at radius 2 is 1.94 bits per heavy atom. The molecule has 0 bridgehead atoms. The highest BCUT2D eigenvalue weighted by atomic mass is 16.6. The molecule has 0 aliphatic rings. The second-order valence-electron chi connectivity index (χ2n) is 3.71. The maximum absolute atomic E-state index is 10.7. The van der Waals surface area contributed by atoms with Crippen LogP contribution in [0, 0.1) is 10.1 Å². The fraction of sp³-hybridized carbons (Fsp3) is 0.0833. The molecule has 1 N–H and O–H groups in total. The molecular formula is C12H10N2O4. The summed E-state index contributed by atoms with van der Waals surface area (Å²) < 4.78 is 1.69. The number of nitrogens with zero attached hydrogens (tertiary/aromatic N) is 2. The average Bonchev–Trinajstić information content (AvgIpc) is 2.76. The number of rotatable bonds is 4. The monoisotopic (exact) mass is 246 g/mol. The van der Waals surface area contributed by atoms with E-state index in [2.05, 4.69) is 0 Å². The fourth-order valence-corrected chi connectivity index (χ4v) is 1.70. The molecule has 0 spiro atoms. The maximum Gasteiger partial charge on any atom is 0.309 e. The first-order valence-corrected chi connectivity index (χ1v) is 5.21. The zero-order valence-electron chi connectivity index (χ0n) is 9.31. The molecular weight excluding hydrogens is 236 g/mol. The number of carboxylic acids is 1. The lowest BCUT2D eigenvalue weighted by Gasteiger charge is -2.07. The van der Waals surface area contributed by atoms with Gasteiger partial charge in [-0.2, -0.15) is 0 Å². The summed E-state index contributed by atoms with van der Waals surface area (Å²) in [6.07, 6.45) is 1.63. The molecule has 0 aliphatic carbocycles. The molecule has 0 fully saturated rings. The van der Waals surface area contributed by atoms with Crippen LogP contribution in [0.5, 0.6) is 0 Å². The van der Waals surface area contributed by atoms with Crippen LogP contribution in [0.3, 0.4) is 0 Å². The Hall–Kier alpha value is -2.63. The normalized spacial score (nSPS) is 10.2. The fourth-order valence-electron chi connectivity index (χ4n) is 1.70. The van der Waals surface area contributed by atoms with Gasteiger partial charge in [0.05, 0.1) is 11.3 Å².